The van der Waals surface area contributed by atoms with E-state index in [4.69, 9.17) is 0 Å². The molecule has 3 rings (SSSR count). The third-order valence-corrected chi connectivity index (χ3v) is 3.28. The molecule has 0 fully saturated rings. The summed E-state index contributed by atoms with van der Waals surface area (Å²) in [4.78, 5) is 24.0. The topological polar surface area (TPSA) is 55.5 Å². The summed E-state index contributed by atoms with van der Waals surface area (Å²) < 4.78 is 16.4. The maximum Gasteiger partial charge on any atom is 0.275 e. The lowest BCUT2D eigenvalue weighted by atomic mass is 10.2. The zero-order chi connectivity index (χ0) is 14.3. The molecule has 0 aliphatic carbocycles. The Morgan fingerprint density at radius 2 is 2.05 bits per heavy atom. The Kier molecular flexibility index (Phi) is 2.78. The number of nitrogens with one attached hydrogen (secondary N) is 1. The van der Waals surface area contributed by atoms with Crippen molar-refractivity contribution in [1.82, 2.24) is 14.3 Å². The molecule has 5 nitrogen and oxygen atoms in total. The van der Waals surface area contributed by atoms with Gasteiger partial charge in [0.15, 0.2) is 0 Å². The number of halogens is 1. The Morgan fingerprint density at radius 3 is 2.80 bits per heavy atom. The lowest BCUT2D eigenvalue weighted by Crippen LogP contribution is -2.31. The van der Waals surface area contributed by atoms with Gasteiger partial charge in [0, 0.05) is 13.2 Å². The predicted octanol–water partition coefficient (Wildman–Crippen LogP) is 1.14. The number of carbonyl (C=O) groups is 1. The zero-order valence-electron chi connectivity index (χ0n) is 10.8. The van der Waals surface area contributed by atoms with Gasteiger partial charge in [-0.3, -0.25) is 14.2 Å². The van der Waals surface area contributed by atoms with Crippen LogP contribution in [0.3, 0.4) is 0 Å². The van der Waals surface area contributed by atoms with E-state index in [1.165, 1.54) is 23.7 Å². The van der Waals surface area contributed by atoms with E-state index in [2.05, 4.69) is 5.32 Å². The Hall–Kier alpha value is -2.63. The highest BCUT2D eigenvalue weighted by atomic mass is 19.1. The number of hydrogen-bond donors (Lipinski definition) is 1. The van der Waals surface area contributed by atoms with E-state index >= 15 is 0 Å². The van der Waals surface area contributed by atoms with Crippen LogP contribution in [-0.4, -0.2) is 21.9 Å². The molecule has 1 aromatic carbocycles. The average molecular weight is 273 g/mol. The lowest BCUT2D eigenvalue weighted by molar-refractivity contribution is -0.121. The summed E-state index contributed by atoms with van der Waals surface area (Å²) in [7, 11) is 1.49. The molecule has 0 radical (unpaired) electrons. The highest BCUT2D eigenvalue weighted by Gasteiger charge is 2.13. The number of aromatic nitrogens is 2. The van der Waals surface area contributed by atoms with Gasteiger partial charge < -0.3 is 9.72 Å². The summed E-state index contributed by atoms with van der Waals surface area (Å²) in [5.41, 5.74) is 1.20. The van der Waals surface area contributed by atoms with Crippen LogP contribution in [0.15, 0.2) is 41.3 Å². The molecule has 2 aromatic heterocycles. The Labute approximate surface area is 113 Å². The molecule has 102 valence electrons. The summed E-state index contributed by atoms with van der Waals surface area (Å²) in [6, 6.07) is 7.60. The third-order valence-electron chi connectivity index (χ3n) is 3.28. The zero-order valence-corrected chi connectivity index (χ0v) is 10.8. The maximum absolute atomic E-state index is 13.5. The minimum absolute atomic E-state index is 0.142. The SMILES string of the molecule is CNC(=O)Cn1c(=O)c2cccn2c2ccc(F)cc21. The van der Waals surface area contributed by atoms with Gasteiger partial charge >= 0.3 is 0 Å². The minimum Gasteiger partial charge on any atom is -0.358 e. The van der Waals surface area contributed by atoms with Crippen LogP contribution in [0, 0.1) is 5.82 Å². The molecule has 0 aliphatic rings. The van der Waals surface area contributed by atoms with Crippen molar-refractivity contribution in [3.8, 4) is 0 Å². The molecule has 2 heterocycles. The smallest absolute Gasteiger partial charge is 0.275 e. The third kappa shape index (κ3) is 1.77. The van der Waals surface area contributed by atoms with Crippen LogP contribution in [0.25, 0.3) is 16.6 Å². The van der Waals surface area contributed by atoms with Crippen molar-refractivity contribution in [3.05, 3.63) is 52.7 Å². The lowest BCUT2D eigenvalue weighted by Gasteiger charge is -2.12. The van der Waals surface area contributed by atoms with Crippen LogP contribution < -0.4 is 10.9 Å². The van der Waals surface area contributed by atoms with E-state index in [0.717, 1.165) is 0 Å². The van der Waals surface area contributed by atoms with Gasteiger partial charge in [-0.2, -0.15) is 0 Å². The second-order valence-electron chi connectivity index (χ2n) is 4.46. The number of likely N-dealkylation sites (N-methyl/N-ethyl adjacent to an activating group) is 1. The van der Waals surface area contributed by atoms with Gasteiger partial charge in [-0.05, 0) is 30.3 Å². The highest BCUT2D eigenvalue weighted by Crippen LogP contribution is 2.16. The summed E-state index contributed by atoms with van der Waals surface area (Å²) >= 11 is 0. The molecule has 1 amide bonds. The van der Waals surface area contributed by atoms with Gasteiger partial charge in [-0.15, -0.1) is 0 Å². The van der Waals surface area contributed by atoms with Gasteiger partial charge in [-0.1, -0.05) is 0 Å². The van der Waals surface area contributed by atoms with Crippen LogP contribution in [0.4, 0.5) is 4.39 Å². The predicted molar refractivity (Wildman–Crippen MR) is 73.2 cm³/mol. The maximum atomic E-state index is 13.5. The highest BCUT2D eigenvalue weighted by molar-refractivity contribution is 5.82. The van der Waals surface area contributed by atoms with Crippen molar-refractivity contribution in [2.75, 3.05) is 7.05 Å². The van der Waals surface area contributed by atoms with Crippen LogP contribution in [0.5, 0.6) is 0 Å². The fraction of sp³-hybridized carbons (Fsp3) is 0.143. The van der Waals surface area contributed by atoms with E-state index in [9.17, 15) is 14.0 Å². The van der Waals surface area contributed by atoms with Gasteiger partial charge in [-0.25, -0.2) is 4.39 Å². The van der Waals surface area contributed by atoms with Gasteiger partial charge in [0.2, 0.25) is 5.91 Å². The number of amides is 1. The number of rotatable bonds is 2. The molecule has 3 aromatic rings. The second kappa shape index (κ2) is 4.48. The number of fused-ring (bicyclic) bond motifs is 3. The first-order valence-electron chi connectivity index (χ1n) is 6.11. The molecule has 0 unspecified atom stereocenters. The van der Waals surface area contributed by atoms with Crippen molar-refractivity contribution in [2.45, 2.75) is 6.54 Å². The van der Waals surface area contributed by atoms with Gasteiger partial charge in [0.25, 0.3) is 5.56 Å². The van der Waals surface area contributed by atoms with Crippen molar-refractivity contribution < 1.29 is 9.18 Å². The standard InChI is InChI=1S/C14H12FN3O2/c1-16-13(19)8-18-12-7-9(15)4-5-10(12)17-6-2-3-11(17)14(18)20/h2-7H,8H2,1H3,(H,16,19). The van der Waals surface area contributed by atoms with Gasteiger partial charge in [0.1, 0.15) is 17.9 Å². The van der Waals surface area contributed by atoms with E-state index in [1.54, 1.807) is 28.8 Å². The molecule has 20 heavy (non-hydrogen) atoms. The second-order valence-corrected chi connectivity index (χ2v) is 4.46. The quantitative estimate of drug-likeness (QED) is 0.761. The average Bonchev–Trinajstić information content (AvgIpc) is 2.92. The van der Waals surface area contributed by atoms with E-state index in [0.29, 0.717) is 16.6 Å². The van der Waals surface area contributed by atoms with Crippen LogP contribution in [0.1, 0.15) is 0 Å². The Morgan fingerprint density at radius 1 is 1.25 bits per heavy atom. The minimum atomic E-state index is -0.450. The largest absolute Gasteiger partial charge is 0.358 e. The molecule has 0 bridgehead atoms. The molecular weight excluding hydrogens is 261 g/mol. The van der Waals surface area contributed by atoms with Crippen LogP contribution in [-0.2, 0) is 11.3 Å². The number of hydrogen-bond acceptors (Lipinski definition) is 2. The molecule has 0 aliphatic heterocycles. The number of carbonyl (C=O) groups excluding carboxylic acids is 1. The number of nitrogens with zero attached hydrogens (tertiary/aromatic N) is 2. The van der Waals surface area contributed by atoms with Crippen LogP contribution in [0.2, 0.25) is 0 Å². The van der Waals surface area contributed by atoms with Gasteiger partial charge in [0.05, 0.1) is 11.0 Å². The fourth-order valence-electron chi connectivity index (χ4n) is 2.31. The molecule has 0 spiro atoms. The van der Waals surface area contributed by atoms with Crippen molar-refractivity contribution in [1.29, 1.82) is 0 Å². The van der Waals surface area contributed by atoms with E-state index in [1.807, 2.05) is 0 Å². The van der Waals surface area contributed by atoms with Crippen molar-refractivity contribution >= 4 is 22.5 Å². The molecule has 6 heteroatoms. The normalized spacial score (nSPS) is 11.1. The first kappa shape index (κ1) is 12.4. The first-order valence-corrected chi connectivity index (χ1v) is 6.11. The Balaban J connectivity index is 2.44. The summed E-state index contributed by atoms with van der Waals surface area (Å²) in [5.74, 6) is -0.761. The monoisotopic (exact) mass is 273 g/mol. The Bertz CT molecular complexity index is 879. The molecule has 1 N–H and O–H groups in total. The molecule has 0 atom stereocenters. The van der Waals surface area contributed by atoms with E-state index in [-0.39, 0.29) is 18.0 Å². The summed E-state index contributed by atoms with van der Waals surface area (Å²) in [6.07, 6.45) is 1.74. The fourth-order valence-corrected chi connectivity index (χ4v) is 2.31. The number of benzene rings is 1. The molecular formula is C14H12FN3O2. The van der Waals surface area contributed by atoms with E-state index < -0.39 is 5.82 Å². The first-order chi connectivity index (χ1) is 9.61. The molecule has 0 saturated heterocycles. The van der Waals surface area contributed by atoms with Crippen LogP contribution >= 0.6 is 0 Å². The summed E-state index contributed by atoms with van der Waals surface area (Å²) in [5, 5.41) is 2.46. The van der Waals surface area contributed by atoms with Crippen molar-refractivity contribution in [2.24, 2.45) is 0 Å². The molecule has 0 saturated carbocycles. The van der Waals surface area contributed by atoms with Crippen molar-refractivity contribution in [3.63, 3.8) is 0 Å². The summed E-state index contributed by atoms with van der Waals surface area (Å²) in [6.45, 7) is -0.142.